The number of hydrogen-bond donors (Lipinski definition) is 1. The molecule has 1 atom stereocenters. The van der Waals surface area contributed by atoms with Gasteiger partial charge < -0.3 is 10.5 Å². The molecule has 3 rings (SSSR count). The number of aryl methyl sites for hydroxylation is 2. The summed E-state index contributed by atoms with van der Waals surface area (Å²) < 4.78 is 5.48. The van der Waals surface area contributed by atoms with Crippen molar-refractivity contribution in [3.05, 3.63) is 34.9 Å². The Kier molecular flexibility index (Phi) is 4.71. The molecule has 1 aromatic rings. The first kappa shape index (κ1) is 14.1. The van der Waals surface area contributed by atoms with Crippen LogP contribution >= 0.6 is 0 Å². The minimum Gasteiger partial charge on any atom is -0.379 e. The van der Waals surface area contributed by atoms with Crippen molar-refractivity contribution in [1.82, 2.24) is 4.90 Å². The first-order chi connectivity index (χ1) is 9.88. The molecule has 1 aliphatic carbocycles. The molecule has 0 amide bonds. The van der Waals surface area contributed by atoms with E-state index in [0.717, 1.165) is 39.3 Å². The molecule has 0 spiro atoms. The van der Waals surface area contributed by atoms with Gasteiger partial charge in [0, 0.05) is 19.1 Å². The summed E-state index contributed by atoms with van der Waals surface area (Å²) >= 11 is 0. The molecule has 0 bridgehead atoms. The lowest BCUT2D eigenvalue weighted by Gasteiger charge is -2.35. The summed E-state index contributed by atoms with van der Waals surface area (Å²) in [5.41, 5.74) is 10.4. The molecule has 3 nitrogen and oxygen atoms in total. The lowest BCUT2D eigenvalue weighted by atomic mass is 9.88. The molecule has 1 unspecified atom stereocenters. The second-order valence-electron chi connectivity index (χ2n) is 5.98. The van der Waals surface area contributed by atoms with Crippen LogP contribution in [0.1, 0.15) is 42.0 Å². The number of benzene rings is 1. The maximum absolute atomic E-state index is 5.85. The summed E-state index contributed by atoms with van der Waals surface area (Å²) in [6, 6.07) is 7.61. The van der Waals surface area contributed by atoms with E-state index in [0.29, 0.717) is 6.04 Å². The first-order valence-electron chi connectivity index (χ1n) is 8.02. The highest BCUT2D eigenvalue weighted by atomic mass is 16.5. The van der Waals surface area contributed by atoms with Crippen molar-refractivity contribution in [2.45, 2.75) is 38.1 Å². The van der Waals surface area contributed by atoms with Crippen LogP contribution in [-0.4, -0.2) is 37.7 Å². The maximum atomic E-state index is 5.85. The fourth-order valence-corrected chi connectivity index (χ4v) is 3.57. The second kappa shape index (κ2) is 6.70. The zero-order chi connectivity index (χ0) is 13.8. The van der Waals surface area contributed by atoms with Gasteiger partial charge in [-0.25, -0.2) is 0 Å². The zero-order valence-corrected chi connectivity index (χ0v) is 12.3. The van der Waals surface area contributed by atoms with Crippen LogP contribution in [0.2, 0.25) is 0 Å². The van der Waals surface area contributed by atoms with Gasteiger partial charge in [0.1, 0.15) is 0 Å². The quantitative estimate of drug-likeness (QED) is 0.915. The van der Waals surface area contributed by atoms with Crippen molar-refractivity contribution in [3.8, 4) is 0 Å². The summed E-state index contributed by atoms with van der Waals surface area (Å²) in [7, 11) is 0. The van der Waals surface area contributed by atoms with Crippen LogP contribution in [0.4, 0.5) is 0 Å². The van der Waals surface area contributed by atoms with Gasteiger partial charge >= 0.3 is 0 Å². The Hall–Kier alpha value is -0.900. The molecule has 1 fully saturated rings. The van der Waals surface area contributed by atoms with Crippen LogP contribution in [0.25, 0.3) is 0 Å². The largest absolute Gasteiger partial charge is 0.379 e. The Balaban J connectivity index is 1.82. The van der Waals surface area contributed by atoms with E-state index in [9.17, 15) is 0 Å². The molecule has 0 radical (unpaired) electrons. The fourth-order valence-electron chi connectivity index (χ4n) is 3.57. The third kappa shape index (κ3) is 3.05. The molecule has 2 aliphatic rings. The molecule has 0 aromatic heterocycles. The predicted molar refractivity (Wildman–Crippen MR) is 81.9 cm³/mol. The lowest BCUT2D eigenvalue weighted by Crippen LogP contribution is -2.39. The van der Waals surface area contributed by atoms with Gasteiger partial charge in [0.15, 0.2) is 0 Å². The van der Waals surface area contributed by atoms with Gasteiger partial charge in [0.05, 0.1) is 13.2 Å². The summed E-state index contributed by atoms with van der Waals surface area (Å²) in [5, 5.41) is 0. The van der Waals surface area contributed by atoms with Gasteiger partial charge in [-0.05, 0) is 55.3 Å². The smallest absolute Gasteiger partial charge is 0.0594 e. The van der Waals surface area contributed by atoms with E-state index in [-0.39, 0.29) is 0 Å². The van der Waals surface area contributed by atoms with Crippen molar-refractivity contribution < 1.29 is 4.74 Å². The standard InChI is InChI=1S/C17H26N2O/c18-8-7-17(19-9-11-20-12-10-19)16-6-5-14-3-1-2-4-15(14)13-16/h5-6,13,17H,1-4,7-12,18H2. The first-order valence-corrected chi connectivity index (χ1v) is 8.02. The van der Waals surface area contributed by atoms with Gasteiger partial charge in [-0.3, -0.25) is 4.90 Å². The molecule has 1 heterocycles. The third-order valence-corrected chi connectivity index (χ3v) is 4.68. The molecule has 1 saturated heterocycles. The van der Waals surface area contributed by atoms with E-state index in [2.05, 4.69) is 23.1 Å². The Morgan fingerprint density at radius 3 is 2.60 bits per heavy atom. The van der Waals surface area contributed by atoms with Crippen LogP contribution in [0, 0.1) is 0 Å². The minimum absolute atomic E-state index is 0.469. The number of fused-ring (bicyclic) bond motifs is 1. The molecule has 110 valence electrons. The van der Waals surface area contributed by atoms with E-state index >= 15 is 0 Å². The van der Waals surface area contributed by atoms with E-state index in [4.69, 9.17) is 10.5 Å². The van der Waals surface area contributed by atoms with Gasteiger partial charge in [-0.1, -0.05) is 18.2 Å². The number of ether oxygens (including phenoxy) is 1. The average molecular weight is 274 g/mol. The lowest BCUT2D eigenvalue weighted by molar-refractivity contribution is 0.0147. The van der Waals surface area contributed by atoms with E-state index in [1.165, 1.54) is 31.2 Å². The Labute approximate surface area is 122 Å². The number of hydrogen-bond acceptors (Lipinski definition) is 3. The average Bonchev–Trinajstić information content (AvgIpc) is 2.53. The van der Waals surface area contributed by atoms with Crippen LogP contribution < -0.4 is 5.73 Å². The van der Waals surface area contributed by atoms with Gasteiger partial charge in [0.2, 0.25) is 0 Å². The van der Waals surface area contributed by atoms with E-state index in [1.54, 1.807) is 11.1 Å². The van der Waals surface area contributed by atoms with Crippen LogP contribution in [-0.2, 0) is 17.6 Å². The van der Waals surface area contributed by atoms with Gasteiger partial charge in [-0.2, -0.15) is 0 Å². The topological polar surface area (TPSA) is 38.5 Å². The Bertz CT molecular complexity index is 441. The van der Waals surface area contributed by atoms with Crippen LogP contribution in [0.3, 0.4) is 0 Å². The molecular formula is C17H26N2O. The van der Waals surface area contributed by atoms with Crippen molar-refractivity contribution >= 4 is 0 Å². The molecule has 3 heteroatoms. The number of morpholine rings is 1. The molecule has 1 aromatic carbocycles. The molecular weight excluding hydrogens is 248 g/mol. The SMILES string of the molecule is NCCC(c1ccc2c(c1)CCCC2)N1CCOCC1. The molecule has 2 N–H and O–H groups in total. The summed E-state index contributed by atoms with van der Waals surface area (Å²) in [6.07, 6.45) is 6.24. The second-order valence-corrected chi connectivity index (χ2v) is 5.98. The summed E-state index contributed by atoms with van der Waals surface area (Å²) in [4.78, 5) is 2.54. The summed E-state index contributed by atoms with van der Waals surface area (Å²) in [6.45, 7) is 4.51. The van der Waals surface area contributed by atoms with Crippen LogP contribution in [0.15, 0.2) is 18.2 Å². The Morgan fingerprint density at radius 2 is 1.85 bits per heavy atom. The van der Waals surface area contributed by atoms with Crippen molar-refractivity contribution in [3.63, 3.8) is 0 Å². The van der Waals surface area contributed by atoms with E-state index < -0.39 is 0 Å². The number of nitrogens with zero attached hydrogens (tertiary/aromatic N) is 1. The molecule has 1 aliphatic heterocycles. The van der Waals surface area contributed by atoms with Gasteiger partial charge in [0.25, 0.3) is 0 Å². The van der Waals surface area contributed by atoms with Gasteiger partial charge in [-0.15, -0.1) is 0 Å². The monoisotopic (exact) mass is 274 g/mol. The number of rotatable bonds is 4. The van der Waals surface area contributed by atoms with Crippen molar-refractivity contribution in [2.24, 2.45) is 5.73 Å². The Morgan fingerprint density at radius 1 is 1.10 bits per heavy atom. The molecule has 20 heavy (non-hydrogen) atoms. The minimum atomic E-state index is 0.469. The van der Waals surface area contributed by atoms with Crippen molar-refractivity contribution in [1.29, 1.82) is 0 Å². The predicted octanol–water partition coefficient (Wildman–Crippen LogP) is 2.29. The van der Waals surface area contributed by atoms with E-state index in [1.807, 2.05) is 0 Å². The van der Waals surface area contributed by atoms with Crippen LogP contribution in [0.5, 0.6) is 0 Å². The highest BCUT2D eigenvalue weighted by Gasteiger charge is 2.23. The third-order valence-electron chi connectivity index (χ3n) is 4.68. The normalized spacial score (nSPS) is 21.4. The number of nitrogens with two attached hydrogens (primary N) is 1. The zero-order valence-electron chi connectivity index (χ0n) is 12.3. The highest BCUT2D eigenvalue weighted by molar-refractivity contribution is 5.35. The highest BCUT2D eigenvalue weighted by Crippen LogP contribution is 2.29. The van der Waals surface area contributed by atoms with Crippen molar-refractivity contribution in [2.75, 3.05) is 32.8 Å². The summed E-state index contributed by atoms with van der Waals surface area (Å²) in [5.74, 6) is 0. The fraction of sp³-hybridized carbons (Fsp3) is 0.647. The maximum Gasteiger partial charge on any atom is 0.0594 e. The molecule has 0 saturated carbocycles.